The van der Waals surface area contributed by atoms with Gasteiger partial charge in [0.1, 0.15) is 0 Å². The summed E-state index contributed by atoms with van der Waals surface area (Å²) in [5.74, 6) is -0.0870. The van der Waals surface area contributed by atoms with Crippen LogP contribution in [0, 0.1) is 0 Å². The molecule has 1 aromatic carbocycles. The van der Waals surface area contributed by atoms with Crippen LogP contribution in [0.25, 0.3) is 11.0 Å². The van der Waals surface area contributed by atoms with E-state index in [2.05, 4.69) is 25.3 Å². The molecule has 2 aromatic heterocycles. The summed E-state index contributed by atoms with van der Waals surface area (Å²) in [6.07, 6.45) is 5.73. The first-order chi connectivity index (χ1) is 9.33. The Hall–Kier alpha value is -2.63. The number of carbonyl (C=O) groups is 1. The summed E-state index contributed by atoms with van der Waals surface area (Å²) in [6.45, 7) is 0.571. The second-order valence-electron chi connectivity index (χ2n) is 4.22. The maximum absolute atomic E-state index is 12.0. The maximum atomic E-state index is 12.0. The molecule has 1 amide bonds. The predicted molar refractivity (Wildman–Crippen MR) is 70.7 cm³/mol. The van der Waals surface area contributed by atoms with E-state index >= 15 is 0 Å². The summed E-state index contributed by atoms with van der Waals surface area (Å²) in [4.78, 5) is 26.0. The SMILES string of the molecule is O=C(NCCc1cnc[nH]1)c1ccc2nc[nH]c2c1. The molecule has 19 heavy (non-hydrogen) atoms. The number of rotatable bonds is 4. The van der Waals surface area contributed by atoms with Gasteiger partial charge in [-0.3, -0.25) is 4.79 Å². The van der Waals surface area contributed by atoms with Gasteiger partial charge in [0, 0.05) is 30.4 Å². The molecule has 0 bridgehead atoms. The molecule has 3 rings (SSSR count). The smallest absolute Gasteiger partial charge is 0.251 e. The zero-order valence-electron chi connectivity index (χ0n) is 10.2. The van der Waals surface area contributed by atoms with Crippen molar-refractivity contribution in [3.8, 4) is 0 Å². The number of benzene rings is 1. The van der Waals surface area contributed by atoms with Gasteiger partial charge in [-0.05, 0) is 18.2 Å². The normalized spacial score (nSPS) is 10.7. The van der Waals surface area contributed by atoms with Crippen LogP contribution in [0.3, 0.4) is 0 Å². The van der Waals surface area contributed by atoms with E-state index < -0.39 is 0 Å². The molecule has 0 radical (unpaired) electrons. The quantitative estimate of drug-likeness (QED) is 0.656. The highest BCUT2D eigenvalue weighted by molar-refractivity contribution is 5.97. The Balaban J connectivity index is 1.63. The van der Waals surface area contributed by atoms with E-state index in [1.54, 1.807) is 31.0 Å². The zero-order valence-corrected chi connectivity index (χ0v) is 10.2. The lowest BCUT2D eigenvalue weighted by molar-refractivity contribution is 0.0954. The topological polar surface area (TPSA) is 86.5 Å². The first-order valence-corrected chi connectivity index (χ1v) is 6.01. The van der Waals surface area contributed by atoms with Crippen molar-refractivity contribution < 1.29 is 4.79 Å². The van der Waals surface area contributed by atoms with Crippen LogP contribution in [-0.4, -0.2) is 32.4 Å². The number of hydrogen-bond acceptors (Lipinski definition) is 3. The van der Waals surface area contributed by atoms with Crippen LogP contribution >= 0.6 is 0 Å². The summed E-state index contributed by atoms with van der Waals surface area (Å²) in [6, 6.07) is 5.40. The molecule has 6 nitrogen and oxygen atoms in total. The van der Waals surface area contributed by atoms with Gasteiger partial charge in [-0.25, -0.2) is 9.97 Å². The van der Waals surface area contributed by atoms with Crippen LogP contribution in [0.15, 0.2) is 37.1 Å². The van der Waals surface area contributed by atoms with Crippen molar-refractivity contribution in [2.24, 2.45) is 0 Å². The Bertz CT molecular complexity index is 686. The molecule has 3 N–H and O–H groups in total. The number of aromatic amines is 2. The van der Waals surface area contributed by atoms with Crippen molar-refractivity contribution in [2.75, 3.05) is 6.54 Å². The molecule has 0 saturated carbocycles. The van der Waals surface area contributed by atoms with Gasteiger partial charge in [-0.1, -0.05) is 0 Å². The summed E-state index contributed by atoms with van der Waals surface area (Å²) in [5.41, 5.74) is 3.35. The number of carbonyl (C=O) groups excluding carboxylic acids is 1. The second-order valence-corrected chi connectivity index (χ2v) is 4.22. The van der Waals surface area contributed by atoms with Crippen LogP contribution in [0.5, 0.6) is 0 Å². The average molecular weight is 255 g/mol. The third kappa shape index (κ3) is 2.47. The lowest BCUT2D eigenvalue weighted by atomic mass is 10.2. The molecule has 3 aromatic rings. The van der Waals surface area contributed by atoms with Gasteiger partial charge >= 0.3 is 0 Å². The van der Waals surface area contributed by atoms with Crippen molar-refractivity contribution in [2.45, 2.75) is 6.42 Å². The number of nitrogens with zero attached hydrogens (tertiary/aromatic N) is 2. The summed E-state index contributed by atoms with van der Waals surface area (Å²) in [7, 11) is 0. The summed E-state index contributed by atoms with van der Waals surface area (Å²) in [5, 5.41) is 2.87. The molecule has 0 aliphatic carbocycles. The van der Waals surface area contributed by atoms with Gasteiger partial charge in [-0.2, -0.15) is 0 Å². The molecular formula is C13H13N5O. The Kier molecular flexibility index (Phi) is 2.97. The molecule has 0 aliphatic heterocycles. The lowest BCUT2D eigenvalue weighted by Crippen LogP contribution is -2.25. The van der Waals surface area contributed by atoms with Crippen LogP contribution in [0.2, 0.25) is 0 Å². The molecule has 0 saturated heterocycles. The standard InChI is InChI=1S/C13H13N5O/c19-13(15-4-3-10-6-14-7-16-10)9-1-2-11-12(5-9)18-8-17-11/h1-2,5-8H,3-4H2,(H,14,16)(H,15,19)(H,17,18). The number of fused-ring (bicyclic) bond motifs is 1. The Labute approximate surface area is 109 Å². The van der Waals surface area contributed by atoms with Crippen molar-refractivity contribution in [3.05, 3.63) is 48.3 Å². The Morgan fingerprint density at radius 3 is 3.05 bits per heavy atom. The minimum Gasteiger partial charge on any atom is -0.352 e. The molecule has 0 aliphatic rings. The molecule has 2 heterocycles. The molecule has 0 atom stereocenters. The molecule has 0 unspecified atom stereocenters. The van der Waals surface area contributed by atoms with Gasteiger partial charge in [0.25, 0.3) is 5.91 Å². The minimum atomic E-state index is -0.0870. The van der Waals surface area contributed by atoms with E-state index in [0.29, 0.717) is 12.1 Å². The number of imidazole rings is 2. The highest BCUT2D eigenvalue weighted by atomic mass is 16.1. The monoisotopic (exact) mass is 255 g/mol. The van der Waals surface area contributed by atoms with Crippen molar-refractivity contribution in [3.63, 3.8) is 0 Å². The lowest BCUT2D eigenvalue weighted by Gasteiger charge is -2.04. The summed E-state index contributed by atoms with van der Waals surface area (Å²) >= 11 is 0. The number of H-pyrrole nitrogens is 2. The van der Waals surface area contributed by atoms with E-state index in [9.17, 15) is 4.79 Å². The minimum absolute atomic E-state index is 0.0870. The van der Waals surface area contributed by atoms with Crippen molar-refractivity contribution >= 4 is 16.9 Å². The van der Waals surface area contributed by atoms with Gasteiger partial charge in [-0.15, -0.1) is 0 Å². The Morgan fingerprint density at radius 2 is 2.21 bits per heavy atom. The van der Waals surface area contributed by atoms with Gasteiger partial charge < -0.3 is 15.3 Å². The average Bonchev–Trinajstić information content (AvgIpc) is 3.08. The number of amides is 1. The van der Waals surface area contributed by atoms with Crippen molar-refractivity contribution in [1.29, 1.82) is 0 Å². The van der Waals surface area contributed by atoms with Gasteiger partial charge in [0.05, 0.1) is 23.7 Å². The molecular weight excluding hydrogens is 242 g/mol. The highest BCUT2D eigenvalue weighted by Gasteiger charge is 2.06. The Morgan fingerprint density at radius 1 is 1.26 bits per heavy atom. The molecule has 0 fully saturated rings. The third-order valence-electron chi connectivity index (χ3n) is 2.92. The van der Waals surface area contributed by atoms with Crippen LogP contribution in [-0.2, 0) is 6.42 Å². The van der Waals surface area contributed by atoms with E-state index in [1.807, 2.05) is 6.07 Å². The van der Waals surface area contributed by atoms with Gasteiger partial charge in [0.2, 0.25) is 0 Å². The molecule has 6 heteroatoms. The van der Waals surface area contributed by atoms with E-state index in [4.69, 9.17) is 0 Å². The predicted octanol–water partition coefficient (Wildman–Crippen LogP) is 1.26. The van der Waals surface area contributed by atoms with Crippen molar-refractivity contribution in [1.82, 2.24) is 25.3 Å². The fourth-order valence-electron chi connectivity index (χ4n) is 1.91. The zero-order chi connectivity index (χ0) is 13.1. The molecule has 0 spiro atoms. The largest absolute Gasteiger partial charge is 0.352 e. The second kappa shape index (κ2) is 4.93. The van der Waals surface area contributed by atoms with Crippen LogP contribution in [0.1, 0.15) is 16.1 Å². The van der Waals surface area contributed by atoms with Crippen LogP contribution < -0.4 is 5.32 Å². The maximum Gasteiger partial charge on any atom is 0.251 e. The van der Waals surface area contributed by atoms with E-state index in [0.717, 1.165) is 23.1 Å². The number of aromatic nitrogens is 4. The number of nitrogens with one attached hydrogen (secondary N) is 3. The fourth-order valence-corrected chi connectivity index (χ4v) is 1.91. The third-order valence-corrected chi connectivity index (χ3v) is 2.92. The summed E-state index contributed by atoms with van der Waals surface area (Å²) < 4.78 is 0. The molecule has 96 valence electrons. The first kappa shape index (κ1) is 11.5. The number of hydrogen-bond donors (Lipinski definition) is 3. The van der Waals surface area contributed by atoms with Crippen LogP contribution in [0.4, 0.5) is 0 Å². The first-order valence-electron chi connectivity index (χ1n) is 6.01. The van der Waals surface area contributed by atoms with Gasteiger partial charge in [0.15, 0.2) is 0 Å². The highest BCUT2D eigenvalue weighted by Crippen LogP contribution is 2.11. The fraction of sp³-hybridized carbons (Fsp3) is 0.154. The van der Waals surface area contributed by atoms with E-state index in [1.165, 1.54) is 0 Å². The van der Waals surface area contributed by atoms with E-state index in [-0.39, 0.29) is 5.91 Å².